The Morgan fingerprint density at radius 2 is 1.59 bits per heavy atom. The van der Waals surface area contributed by atoms with Crippen LogP contribution in [0.4, 0.5) is 5.69 Å². The lowest BCUT2D eigenvalue weighted by Crippen LogP contribution is -2.53. The third kappa shape index (κ3) is 7.32. The van der Waals surface area contributed by atoms with Crippen LogP contribution in [0.2, 0.25) is 0 Å². The molecule has 7 nitrogen and oxygen atoms in total. The highest BCUT2D eigenvalue weighted by molar-refractivity contribution is 7.92. The molecule has 186 valence electrons. The number of anilines is 1. The number of benzene rings is 2. The van der Waals surface area contributed by atoms with E-state index < -0.39 is 22.0 Å². The molecule has 1 atom stereocenters. The van der Waals surface area contributed by atoms with Crippen molar-refractivity contribution in [3.63, 3.8) is 0 Å². The molecule has 34 heavy (non-hydrogen) atoms. The van der Waals surface area contributed by atoms with Crippen LogP contribution in [0.5, 0.6) is 0 Å². The molecule has 0 saturated heterocycles. The molecule has 0 heterocycles. The van der Waals surface area contributed by atoms with Crippen LogP contribution in [-0.4, -0.2) is 50.0 Å². The van der Waals surface area contributed by atoms with Gasteiger partial charge in [0.2, 0.25) is 21.8 Å². The number of hydrogen-bond acceptors (Lipinski definition) is 4. The van der Waals surface area contributed by atoms with Crippen LogP contribution in [0, 0.1) is 20.8 Å². The molecule has 0 bridgehead atoms. The van der Waals surface area contributed by atoms with Crippen molar-refractivity contribution in [1.29, 1.82) is 0 Å². The van der Waals surface area contributed by atoms with Gasteiger partial charge in [-0.1, -0.05) is 37.3 Å². The number of aryl methyl sites for hydroxylation is 3. The Morgan fingerprint density at radius 1 is 1.00 bits per heavy atom. The van der Waals surface area contributed by atoms with Gasteiger partial charge in [-0.15, -0.1) is 0 Å². The molecule has 0 aromatic heterocycles. The minimum absolute atomic E-state index is 0.0836. The van der Waals surface area contributed by atoms with Gasteiger partial charge in [0.05, 0.1) is 11.9 Å². The summed E-state index contributed by atoms with van der Waals surface area (Å²) < 4.78 is 26.6. The average Bonchev–Trinajstić information content (AvgIpc) is 2.70. The first-order chi connectivity index (χ1) is 15.8. The van der Waals surface area contributed by atoms with Gasteiger partial charge in [0.15, 0.2) is 0 Å². The number of nitrogens with zero attached hydrogens (tertiary/aromatic N) is 2. The molecule has 0 radical (unpaired) electrons. The van der Waals surface area contributed by atoms with Gasteiger partial charge in [-0.2, -0.15) is 0 Å². The van der Waals surface area contributed by atoms with E-state index in [-0.39, 0.29) is 25.0 Å². The van der Waals surface area contributed by atoms with E-state index in [2.05, 4.69) is 5.32 Å². The maximum absolute atomic E-state index is 13.7. The van der Waals surface area contributed by atoms with Crippen molar-refractivity contribution in [2.24, 2.45) is 0 Å². The summed E-state index contributed by atoms with van der Waals surface area (Å²) in [6.45, 7) is 11.1. The summed E-state index contributed by atoms with van der Waals surface area (Å²) in [4.78, 5) is 28.2. The van der Waals surface area contributed by atoms with Crippen molar-refractivity contribution in [2.75, 3.05) is 17.1 Å². The van der Waals surface area contributed by atoms with Crippen molar-refractivity contribution in [3.8, 4) is 0 Å². The highest BCUT2D eigenvalue weighted by Gasteiger charge is 2.32. The van der Waals surface area contributed by atoms with Crippen molar-refractivity contribution in [2.45, 2.75) is 66.6 Å². The van der Waals surface area contributed by atoms with E-state index in [0.29, 0.717) is 12.1 Å². The second-order valence-electron chi connectivity index (χ2n) is 9.15. The molecule has 0 aliphatic rings. The second-order valence-corrected chi connectivity index (χ2v) is 11.1. The molecule has 2 aromatic carbocycles. The lowest BCUT2D eigenvalue weighted by atomic mass is 10.1. The summed E-state index contributed by atoms with van der Waals surface area (Å²) >= 11 is 0. The second kappa shape index (κ2) is 11.5. The molecule has 8 heteroatoms. The monoisotopic (exact) mass is 487 g/mol. The fraction of sp³-hybridized carbons (Fsp3) is 0.462. The minimum atomic E-state index is -3.75. The van der Waals surface area contributed by atoms with Crippen molar-refractivity contribution in [3.05, 3.63) is 64.7 Å². The molecule has 2 aromatic rings. The number of rotatable bonds is 10. The summed E-state index contributed by atoms with van der Waals surface area (Å²) in [6.07, 6.45) is 1.49. The number of nitrogens with one attached hydrogen (secondary N) is 1. The van der Waals surface area contributed by atoms with Crippen LogP contribution in [0.15, 0.2) is 42.5 Å². The molecule has 0 aliphatic carbocycles. The van der Waals surface area contributed by atoms with Crippen molar-refractivity contribution < 1.29 is 18.0 Å². The van der Waals surface area contributed by atoms with Gasteiger partial charge >= 0.3 is 0 Å². The first-order valence-corrected chi connectivity index (χ1v) is 13.4. The Hall–Kier alpha value is -2.87. The van der Waals surface area contributed by atoms with Crippen LogP contribution in [0.3, 0.4) is 0 Å². The number of carbonyl (C=O) groups excluding carboxylic acids is 2. The van der Waals surface area contributed by atoms with Gasteiger partial charge in [-0.3, -0.25) is 13.9 Å². The van der Waals surface area contributed by atoms with E-state index in [9.17, 15) is 18.0 Å². The topological polar surface area (TPSA) is 86.8 Å². The Morgan fingerprint density at radius 3 is 2.09 bits per heavy atom. The molecule has 0 saturated carbocycles. The molecule has 0 fully saturated rings. The molecule has 2 amide bonds. The zero-order valence-electron chi connectivity index (χ0n) is 21.3. The third-order valence-electron chi connectivity index (χ3n) is 5.59. The van der Waals surface area contributed by atoms with Gasteiger partial charge in [-0.05, 0) is 75.4 Å². The SMILES string of the molecule is CC[C@H](C(=O)NC(C)C)N(Cc1ccccc1C)C(=O)CN(c1cc(C)cc(C)c1)S(C)(=O)=O. The Balaban J connectivity index is 2.49. The molecular weight excluding hydrogens is 450 g/mol. The van der Waals surface area contributed by atoms with E-state index >= 15 is 0 Å². The van der Waals surface area contributed by atoms with Gasteiger partial charge in [-0.25, -0.2) is 8.42 Å². The zero-order valence-corrected chi connectivity index (χ0v) is 22.1. The van der Waals surface area contributed by atoms with E-state index in [1.165, 1.54) is 4.90 Å². The Kier molecular flexibility index (Phi) is 9.27. The Bertz CT molecular complexity index is 1110. The van der Waals surface area contributed by atoms with Crippen molar-refractivity contribution >= 4 is 27.5 Å². The Labute approximate surface area is 204 Å². The zero-order chi connectivity index (χ0) is 25.6. The summed E-state index contributed by atoms with van der Waals surface area (Å²) in [7, 11) is -3.75. The van der Waals surface area contributed by atoms with Crippen LogP contribution in [0.1, 0.15) is 49.4 Å². The maximum Gasteiger partial charge on any atom is 0.244 e. The molecule has 0 aliphatic heterocycles. The number of hydrogen-bond donors (Lipinski definition) is 1. The summed E-state index contributed by atoms with van der Waals surface area (Å²) in [6, 6.07) is 12.3. The smallest absolute Gasteiger partial charge is 0.244 e. The highest BCUT2D eigenvalue weighted by atomic mass is 32.2. The lowest BCUT2D eigenvalue weighted by molar-refractivity contribution is -0.140. The van der Waals surface area contributed by atoms with E-state index in [1.807, 2.05) is 71.9 Å². The molecular formula is C26H37N3O4S. The predicted molar refractivity (Wildman–Crippen MR) is 137 cm³/mol. The van der Waals surface area contributed by atoms with Gasteiger partial charge in [0.25, 0.3) is 0 Å². The summed E-state index contributed by atoms with van der Waals surface area (Å²) in [5, 5.41) is 2.90. The van der Waals surface area contributed by atoms with Crippen LogP contribution in [0.25, 0.3) is 0 Å². The minimum Gasteiger partial charge on any atom is -0.352 e. The van der Waals surface area contributed by atoms with E-state index in [4.69, 9.17) is 0 Å². The summed E-state index contributed by atoms with van der Waals surface area (Å²) in [5.74, 6) is -0.685. The normalized spacial score (nSPS) is 12.4. The summed E-state index contributed by atoms with van der Waals surface area (Å²) in [5.41, 5.74) is 4.13. The van der Waals surface area contributed by atoms with Crippen LogP contribution >= 0.6 is 0 Å². The van der Waals surface area contributed by atoms with Gasteiger partial charge < -0.3 is 10.2 Å². The van der Waals surface area contributed by atoms with Gasteiger partial charge in [0, 0.05) is 12.6 Å². The lowest BCUT2D eigenvalue weighted by Gasteiger charge is -2.33. The first kappa shape index (κ1) is 27.4. The van der Waals surface area contributed by atoms with Crippen molar-refractivity contribution in [1.82, 2.24) is 10.2 Å². The average molecular weight is 488 g/mol. The maximum atomic E-state index is 13.7. The fourth-order valence-electron chi connectivity index (χ4n) is 3.98. The fourth-order valence-corrected chi connectivity index (χ4v) is 4.81. The molecule has 2 rings (SSSR count). The largest absolute Gasteiger partial charge is 0.352 e. The van der Waals surface area contributed by atoms with Gasteiger partial charge in [0.1, 0.15) is 12.6 Å². The first-order valence-electron chi connectivity index (χ1n) is 11.5. The van der Waals surface area contributed by atoms with E-state index in [0.717, 1.165) is 32.8 Å². The quantitative estimate of drug-likeness (QED) is 0.554. The molecule has 1 N–H and O–H groups in total. The predicted octanol–water partition coefficient (Wildman–Crippen LogP) is 3.71. The third-order valence-corrected chi connectivity index (χ3v) is 6.73. The van der Waals surface area contributed by atoms with Crippen LogP contribution < -0.4 is 9.62 Å². The molecule has 0 unspecified atom stereocenters. The number of amides is 2. The number of carbonyl (C=O) groups is 2. The standard InChI is InChI=1S/C26H37N3O4S/c1-8-24(26(31)27-18(2)3)28(16-22-12-10-9-11-21(22)6)25(30)17-29(34(7,32)33)23-14-19(4)13-20(5)15-23/h9-15,18,24H,8,16-17H2,1-7H3,(H,27,31)/t24-/m1/s1. The molecule has 0 spiro atoms. The highest BCUT2D eigenvalue weighted by Crippen LogP contribution is 2.23. The number of sulfonamides is 1. The van der Waals surface area contributed by atoms with Crippen LogP contribution in [-0.2, 0) is 26.2 Å². The van der Waals surface area contributed by atoms with E-state index in [1.54, 1.807) is 12.1 Å².